The summed E-state index contributed by atoms with van der Waals surface area (Å²) in [5.41, 5.74) is 9.47. The van der Waals surface area contributed by atoms with Crippen LogP contribution in [0.3, 0.4) is 0 Å². The van der Waals surface area contributed by atoms with Crippen molar-refractivity contribution < 1.29 is 0 Å². The van der Waals surface area contributed by atoms with E-state index in [0.29, 0.717) is 5.82 Å². The second-order valence-electron chi connectivity index (χ2n) is 4.19. The van der Waals surface area contributed by atoms with Gasteiger partial charge in [-0.2, -0.15) is 0 Å². The quantitative estimate of drug-likeness (QED) is 0.855. The average molecular weight is 228 g/mol. The molecule has 2 N–H and O–H groups in total. The van der Waals surface area contributed by atoms with E-state index < -0.39 is 0 Å². The molecule has 0 aliphatic heterocycles. The number of hydrogen-bond donors (Lipinski definition) is 1. The Balaban J connectivity index is 2.44. The van der Waals surface area contributed by atoms with Gasteiger partial charge in [-0.1, -0.05) is 6.07 Å². The largest absolute Gasteiger partial charge is 0.324 e. The Kier molecular flexibility index (Phi) is 3.15. The fourth-order valence-electron chi connectivity index (χ4n) is 1.71. The van der Waals surface area contributed by atoms with Crippen LogP contribution in [0.25, 0.3) is 11.5 Å². The molecule has 0 bridgehead atoms. The van der Waals surface area contributed by atoms with Gasteiger partial charge in [-0.05, 0) is 32.9 Å². The van der Waals surface area contributed by atoms with E-state index >= 15 is 0 Å². The van der Waals surface area contributed by atoms with Gasteiger partial charge in [0.25, 0.3) is 0 Å². The van der Waals surface area contributed by atoms with Crippen LogP contribution in [0.4, 0.5) is 0 Å². The smallest absolute Gasteiger partial charge is 0.178 e. The molecule has 2 aromatic heterocycles. The average Bonchev–Trinajstić information content (AvgIpc) is 2.28. The zero-order valence-electron chi connectivity index (χ0n) is 10.3. The number of rotatable bonds is 2. The van der Waals surface area contributed by atoms with Gasteiger partial charge in [-0.3, -0.25) is 0 Å². The van der Waals surface area contributed by atoms with Crippen LogP contribution in [0, 0.1) is 13.8 Å². The van der Waals surface area contributed by atoms with E-state index in [1.54, 1.807) is 6.20 Å². The molecule has 2 rings (SSSR count). The molecule has 2 aromatic rings. The molecule has 0 saturated carbocycles. The molecule has 4 heteroatoms. The van der Waals surface area contributed by atoms with Crippen LogP contribution in [0.15, 0.2) is 24.4 Å². The predicted molar refractivity (Wildman–Crippen MR) is 67.3 cm³/mol. The zero-order chi connectivity index (χ0) is 12.4. The molecule has 17 heavy (non-hydrogen) atoms. The second-order valence-corrected chi connectivity index (χ2v) is 4.19. The topological polar surface area (TPSA) is 64.7 Å². The lowest BCUT2D eigenvalue weighted by Gasteiger charge is -2.09. The second kappa shape index (κ2) is 4.59. The van der Waals surface area contributed by atoms with Gasteiger partial charge in [-0.15, -0.1) is 0 Å². The van der Waals surface area contributed by atoms with Crippen molar-refractivity contribution in [1.82, 2.24) is 15.0 Å². The minimum Gasteiger partial charge on any atom is -0.324 e. The Morgan fingerprint density at radius 2 is 1.94 bits per heavy atom. The van der Waals surface area contributed by atoms with Gasteiger partial charge in [0.05, 0.1) is 0 Å². The van der Waals surface area contributed by atoms with Crippen molar-refractivity contribution in [3.05, 3.63) is 41.3 Å². The molecule has 1 unspecified atom stereocenters. The molecule has 0 radical (unpaired) electrons. The van der Waals surface area contributed by atoms with Gasteiger partial charge in [0, 0.05) is 29.2 Å². The summed E-state index contributed by atoms with van der Waals surface area (Å²) in [6.45, 7) is 5.82. The van der Waals surface area contributed by atoms with Crippen molar-refractivity contribution >= 4 is 0 Å². The lowest BCUT2D eigenvalue weighted by molar-refractivity contribution is 0.789. The van der Waals surface area contributed by atoms with Crippen molar-refractivity contribution in [3.8, 4) is 11.5 Å². The molecule has 0 saturated heterocycles. The van der Waals surface area contributed by atoms with E-state index in [4.69, 9.17) is 5.73 Å². The Morgan fingerprint density at radius 1 is 1.18 bits per heavy atom. The van der Waals surface area contributed by atoms with Crippen molar-refractivity contribution in [2.75, 3.05) is 0 Å². The molecule has 0 amide bonds. The van der Waals surface area contributed by atoms with E-state index in [1.165, 1.54) is 0 Å². The highest BCUT2D eigenvalue weighted by Gasteiger charge is 2.09. The molecule has 1 atom stereocenters. The number of aryl methyl sites for hydroxylation is 2. The fourth-order valence-corrected chi connectivity index (χ4v) is 1.71. The highest BCUT2D eigenvalue weighted by Crippen LogP contribution is 2.17. The molecule has 0 aliphatic carbocycles. The van der Waals surface area contributed by atoms with Crippen LogP contribution in [-0.2, 0) is 0 Å². The van der Waals surface area contributed by atoms with E-state index in [1.807, 2.05) is 39.0 Å². The van der Waals surface area contributed by atoms with Crippen molar-refractivity contribution in [3.63, 3.8) is 0 Å². The summed E-state index contributed by atoms with van der Waals surface area (Å²) in [5, 5.41) is 0. The Labute approximate surface area is 101 Å². The minimum atomic E-state index is -0.0467. The van der Waals surface area contributed by atoms with Crippen LogP contribution in [-0.4, -0.2) is 15.0 Å². The van der Waals surface area contributed by atoms with Crippen LogP contribution < -0.4 is 5.73 Å². The highest BCUT2D eigenvalue weighted by atomic mass is 14.9. The summed E-state index contributed by atoms with van der Waals surface area (Å²) in [6, 6.07) is 5.77. The van der Waals surface area contributed by atoms with E-state index in [9.17, 15) is 0 Å². The maximum absolute atomic E-state index is 5.83. The van der Waals surface area contributed by atoms with E-state index in [0.717, 1.165) is 22.6 Å². The van der Waals surface area contributed by atoms with Crippen LogP contribution in [0.1, 0.15) is 29.9 Å². The van der Waals surface area contributed by atoms with Crippen molar-refractivity contribution in [2.24, 2.45) is 5.73 Å². The number of pyridine rings is 1. The number of nitrogens with two attached hydrogens (primary N) is 1. The summed E-state index contributed by atoms with van der Waals surface area (Å²) in [6.07, 6.45) is 1.78. The van der Waals surface area contributed by atoms with Crippen LogP contribution >= 0.6 is 0 Å². The highest BCUT2D eigenvalue weighted by molar-refractivity contribution is 5.49. The molecule has 88 valence electrons. The lowest BCUT2D eigenvalue weighted by atomic mass is 10.1. The van der Waals surface area contributed by atoms with E-state index in [2.05, 4.69) is 15.0 Å². The molecule has 0 aliphatic rings. The fraction of sp³-hybridized carbons (Fsp3) is 0.308. The SMILES string of the molecule is Cc1cccc(-c2ncc(C(C)N)c(C)n2)n1. The monoisotopic (exact) mass is 228 g/mol. The first-order valence-electron chi connectivity index (χ1n) is 5.61. The third-order valence-corrected chi connectivity index (χ3v) is 2.63. The number of hydrogen-bond acceptors (Lipinski definition) is 4. The summed E-state index contributed by atoms with van der Waals surface area (Å²) < 4.78 is 0. The molecule has 2 heterocycles. The van der Waals surface area contributed by atoms with Gasteiger partial charge >= 0.3 is 0 Å². The predicted octanol–water partition coefficient (Wildman–Crippen LogP) is 2.18. The first-order valence-corrected chi connectivity index (χ1v) is 5.61. The maximum Gasteiger partial charge on any atom is 0.178 e. The molecular weight excluding hydrogens is 212 g/mol. The lowest BCUT2D eigenvalue weighted by Crippen LogP contribution is -2.09. The minimum absolute atomic E-state index is 0.0467. The Morgan fingerprint density at radius 3 is 2.53 bits per heavy atom. The summed E-state index contributed by atoms with van der Waals surface area (Å²) in [4.78, 5) is 13.2. The van der Waals surface area contributed by atoms with Crippen LogP contribution in [0.2, 0.25) is 0 Å². The molecule has 0 fully saturated rings. The van der Waals surface area contributed by atoms with Gasteiger partial charge < -0.3 is 5.73 Å². The molecular formula is C13H16N4. The van der Waals surface area contributed by atoms with Crippen molar-refractivity contribution in [2.45, 2.75) is 26.8 Å². The summed E-state index contributed by atoms with van der Waals surface area (Å²) >= 11 is 0. The first-order chi connectivity index (χ1) is 8.08. The molecule has 0 aromatic carbocycles. The van der Waals surface area contributed by atoms with Gasteiger partial charge in [0.2, 0.25) is 0 Å². The number of aromatic nitrogens is 3. The Hall–Kier alpha value is -1.81. The van der Waals surface area contributed by atoms with E-state index in [-0.39, 0.29) is 6.04 Å². The third-order valence-electron chi connectivity index (χ3n) is 2.63. The van der Waals surface area contributed by atoms with Gasteiger partial charge in [0.15, 0.2) is 5.82 Å². The summed E-state index contributed by atoms with van der Waals surface area (Å²) in [7, 11) is 0. The maximum atomic E-state index is 5.83. The molecule has 4 nitrogen and oxygen atoms in total. The van der Waals surface area contributed by atoms with Gasteiger partial charge in [-0.25, -0.2) is 15.0 Å². The summed E-state index contributed by atoms with van der Waals surface area (Å²) in [5.74, 6) is 0.649. The standard InChI is InChI=1S/C13H16N4/c1-8-5-4-6-12(16-8)13-15-7-11(9(2)14)10(3)17-13/h4-7,9H,14H2,1-3H3. The number of nitrogens with zero attached hydrogens (tertiary/aromatic N) is 3. The van der Waals surface area contributed by atoms with Crippen molar-refractivity contribution in [1.29, 1.82) is 0 Å². The Bertz CT molecular complexity index is 535. The zero-order valence-corrected chi connectivity index (χ0v) is 10.3. The van der Waals surface area contributed by atoms with Crippen LogP contribution in [0.5, 0.6) is 0 Å². The molecule has 0 spiro atoms. The first kappa shape index (κ1) is 11.7. The van der Waals surface area contributed by atoms with Gasteiger partial charge in [0.1, 0.15) is 5.69 Å². The third kappa shape index (κ3) is 2.47. The normalized spacial score (nSPS) is 12.5.